The zero-order chi connectivity index (χ0) is 14.4. The Morgan fingerprint density at radius 1 is 1.33 bits per heavy atom. The molecule has 3 aliphatic heterocycles. The number of fused-ring (bicyclic) bond motifs is 1. The van der Waals surface area contributed by atoms with Crippen LogP contribution in [0.5, 0.6) is 0 Å². The van der Waals surface area contributed by atoms with Gasteiger partial charge in [0.15, 0.2) is 5.96 Å². The van der Waals surface area contributed by atoms with Crippen LogP contribution in [0.25, 0.3) is 0 Å². The van der Waals surface area contributed by atoms with Gasteiger partial charge in [0.05, 0.1) is 0 Å². The number of piperidine rings is 1. The average Bonchev–Trinajstić information content (AvgIpc) is 3.12. The summed E-state index contributed by atoms with van der Waals surface area (Å²) in [6, 6.07) is 0.608. The Morgan fingerprint density at radius 3 is 2.95 bits per heavy atom. The van der Waals surface area contributed by atoms with E-state index in [0.717, 1.165) is 43.7 Å². The normalized spacial score (nSPS) is 39.4. The quantitative estimate of drug-likeness (QED) is 0.582. The maximum atomic E-state index is 6.47. The molecule has 1 aliphatic carbocycles. The predicted octanol–water partition coefficient (Wildman–Crippen LogP) is -0.115. The summed E-state index contributed by atoms with van der Waals surface area (Å²) in [6.45, 7) is 3.27. The summed E-state index contributed by atoms with van der Waals surface area (Å²) in [5.41, 5.74) is 11.8. The predicted molar refractivity (Wildman–Crippen MR) is 83.2 cm³/mol. The number of aliphatic imine (C=N–C) groups is 1. The van der Waals surface area contributed by atoms with Crippen molar-refractivity contribution in [2.45, 2.75) is 43.8 Å². The van der Waals surface area contributed by atoms with Crippen LogP contribution in [0.1, 0.15) is 32.1 Å². The molecule has 3 heterocycles. The van der Waals surface area contributed by atoms with Crippen LogP contribution in [0.15, 0.2) is 16.9 Å². The molecule has 3 unspecified atom stereocenters. The number of nitrogens with two attached hydrogens (primary N) is 2. The summed E-state index contributed by atoms with van der Waals surface area (Å²) in [4.78, 5) is 6.84. The monoisotopic (exact) mass is 290 g/mol. The first-order valence-corrected chi connectivity index (χ1v) is 8.24. The number of guanidine groups is 1. The molecule has 6 nitrogen and oxygen atoms in total. The molecule has 6 heteroatoms. The molecule has 0 spiro atoms. The Balaban J connectivity index is 1.51. The third-order valence-corrected chi connectivity index (χ3v) is 5.22. The second-order valence-corrected chi connectivity index (χ2v) is 7.16. The fourth-order valence-corrected chi connectivity index (χ4v) is 3.99. The highest BCUT2D eigenvalue weighted by atomic mass is 15.3. The molecule has 3 atom stereocenters. The molecule has 0 aromatic heterocycles. The number of nitrogens with zero attached hydrogens (tertiary/aromatic N) is 2. The van der Waals surface area contributed by atoms with Gasteiger partial charge in [-0.05, 0) is 43.7 Å². The van der Waals surface area contributed by atoms with Gasteiger partial charge in [-0.3, -0.25) is 0 Å². The lowest BCUT2D eigenvalue weighted by Gasteiger charge is -2.32. The van der Waals surface area contributed by atoms with E-state index in [9.17, 15) is 0 Å². The van der Waals surface area contributed by atoms with Crippen LogP contribution in [0.2, 0.25) is 0 Å². The third-order valence-electron chi connectivity index (χ3n) is 5.22. The van der Waals surface area contributed by atoms with Crippen molar-refractivity contribution in [3.8, 4) is 0 Å². The minimum atomic E-state index is -0.618. The standard InChI is InChI=1S/C15H26N6/c16-14-19-13(7-15(17,20-14)6-10-3-4-10)21-8-11-2-1-5-18-12(11)9-21/h7,10-12,18H,1-6,8-9,17H2,(H3,16,19,20). The molecule has 2 saturated heterocycles. The van der Waals surface area contributed by atoms with E-state index < -0.39 is 5.66 Å². The van der Waals surface area contributed by atoms with Crippen LogP contribution in [0.4, 0.5) is 0 Å². The summed E-state index contributed by atoms with van der Waals surface area (Å²) >= 11 is 0. The first kappa shape index (κ1) is 13.4. The largest absolute Gasteiger partial charge is 0.370 e. The molecule has 21 heavy (non-hydrogen) atoms. The van der Waals surface area contributed by atoms with E-state index in [1.807, 2.05) is 0 Å². The van der Waals surface area contributed by atoms with Crippen LogP contribution in [0, 0.1) is 11.8 Å². The zero-order valence-electron chi connectivity index (χ0n) is 12.5. The molecule has 6 N–H and O–H groups in total. The molecule has 4 rings (SSSR count). The van der Waals surface area contributed by atoms with Gasteiger partial charge in [0.2, 0.25) is 0 Å². The van der Waals surface area contributed by atoms with E-state index in [0.29, 0.717) is 12.0 Å². The van der Waals surface area contributed by atoms with E-state index in [-0.39, 0.29) is 0 Å². The van der Waals surface area contributed by atoms with E-state index in [1.165, 1.54) is 25.7 Å². The molecule has 0 aromatic rings. The lowest BCUT2D eigenvalue weighted by Crippen LogP contribution is -2.50. The summed E-state index contributed by atoms with van der Waals surface area (Å²) in [5.74, 6) is 2.99. The van der Waals surface area contributed by atoms with Gasteiger partial charge in [-0.15, -0.1) is 0 Å². The van der Waals surface area contributed by atoms with Crippen LogP contribution in [-0.4, -0.2) is 42.2 Å². The fourth-order valence-electron chi connectivity index (χ4n) is 3.99. The number of nitrogens with one attached hydrogen (secondary N) is 2. The molecule has 0 bridgehead atoms. The number of hydrogen-bond donors (Lipinski definition) is 4. The van der Waals surface area contributed by atoms with Gasteiger partial charge in [-0.1, -0.05) is 12.8 Å². The highest BCUT2D eigenvalue weighted by Gasteiger charge is 2.39. The van der Waals surface area contributed by atoms with Crippen LogP contribution < -0.4 is 22.1 Å². The van der Waals surface area contributed by atoms with Gasteiger partial charge in [-0.2, -0.15) is 0 Å². The Labute approximate surface area is 126 Å². The van der Waals surface area contributed by atoms with Crippen LogP contribution in [-0.2, 0) is 0 Å². The Bertz CT molecular complexity index is 469. The van der Waals surface area contributed by atoms with Crippen molar-refractivity contribution in [2.75, 3.05) is 19.6 Å². The first-order valence-electron chi connectivity index (χ1n) is 8.24. The lowest BCUT2D eigenvalue weighted by molar-refractivity contribution is 0.337. The molecule has 3 fully saturated rings. The van der Waals surface area contributed by atoms with Crippen LogP contribution >= 0.6 is 0 Å². The molecular weight excluding hydrogens is 264 g/mol. The zero-order valence-corrected chi connectivity index (χ0v) is 12.5. The highest BCUT2D eigenvalue weighted by Crippen LogP contribution is 2.38. The molecule has 0 radical (unpaired) electrons. The van der Waals surface area contributed by atoms with Crippen molar-refractivity contribution in [1.29, 1.82) is 0 Å². The lowest BCUT2D eigenvalue weighted by atomic mass is 9.94. The molecule has 0 aromatic carbocycles. The first-order chi connectivity index (χ1) is 10.1. The second-order valence-electron chi connectivity index (χ2n) is 7.16. The van der Waals surface area contributed by atoms with Gasteiger partial charge < -0.3 is 27.0 Å². The second kappa shape index (κ2) is 4.88. The van der Waals surface area contributed by atoms with Crippen molar-refractivity contribution in [2.24, 2.45) is 28.3 Å². The van der Waals surface area contributed by atoms with Gasteiger partial charge >= 0.3 is 0 Å². The maximum absolute atomic E-state index is 6.47. The number of rotatable bonds is 3. The summed E-state index contributed by atoms with van der Waals surface area (Å²) in [5, 5.41) is 6.86. The van der Waals surface area contributed by atoms with Crippen molar-refractivity contribution in [1.82, 2.24) is 15.5 Å². The SMILES string of the molecule is NC1=NC(N)(CC2CC2)C=C(N2CC3CCCNC3C2)N1. The molecule has 1 saturated carbocycles. The van der Waals surface area contributed by atoms with E-state index in [4.69, 9.17) is 11.5 Å². The third kappa shape index (κ3) is 2.74. The summed E-state index contributed by atoms with van der Waals surface area (Å²) in [6.07, 6.45) is 8.18. The van der Waals surface area contributed by atoms with Crippen molar-refractivity contribution < 1.29 is 0 Å². The van der Waals surface area contributed by atoms with Crippen LogP contribution in [0.3, 0.4) is 0 Å². The van der Waals surface area contributed by atoms with Gasteiger partial charge in [0.1, 0.15) is 11.5 Å². The fraction of sp³-hybridized carbons (Fsp3) is 0.800. The highest BCUT2D eigenvalue weighted by molar-refractivity contribution is 5.81. The topological polar surface area (TPSA) is 91.7 Å². The Morgan fingerprint density at radius 2 is 2.19 bits per heavy atom. The summed E-state index contributed by atoms with van der Waals surface area (Å²) < 4.78 is 0. The Kier molecular flexibility index (Phi) is 3.11. The van der Waals surface area contributed by atoms with Gasteiger partial charge in [-0.25, -0.2) is 4.99 Å². The average molecular weight is 290 g/mol. The minimum Gasteiger partial charge on any atom is -0.370 e. The molecule has 0 amide bonds. The van der Waals surface area contributed by atoms with E-state index >= 15 is 0 Å². The molecular formula is C15H26N6. The van der Waals surface area contributed by atoms with E-state index in [2.05, 4.69) is 26.6 Å². The molecule has 4 aliphatic rings. The van der Waals surface area contributed by atoms with Gasteiger partial charge in [0, 0.05) is 19.1 Å². The molecule has 116 valence electrons. The van der Waals surface area contributed by atoms with E-state index in [1.54, 1.807) is 0 Å². The van der Waals surface area contributed by atoms with Gasteiger partial charge in [0.25, 0.3) is 0 Å². The maximum Gasteiger partial charge on any atom is 0.196 e. The van der Waals surface area contributed by atoms with Crippen molar-refractivity contribution in [3.63, 3.8) is 0 Å². The summed E-state index contributed by atoms with van der Waals surface area (Å²) in [7, 11) is 0. The number of likely N-dealkylation sites (tertiary alicyclic amines) is 1. The Hall–Kier alpha value is -1.27. The van der Waals surface area contributed by atoms with Crippen molar-refractivity contribution >= 4 is 5.96 Å². The number of hydrogen-bond acceptors (Lipinski definition) is 6. The minimum absolute atomic E-state index is 0.457. The van der Waals surface area contributed by atoms with Crippen molar-refractivity contribution in [3.05, 3.63) is 11.9 Å². The smallest absolute Gasteiger partial charge is 0.196 e.